The smallest absolute Gasteiger partial charge is 0.238 e. The molecular formula is C20H22ClFN2O3. The van der Waals surface area contributed by atoms with Crippen molar-refractivity contribution in [2.24, 2.45) is 0 Å². The topological polar surface area (TPSA) is 50.8 Å². The van der Waals surface area contributed by atoms with E-state index < -0.39 is 5.82 Å². The van der Waals surface area contributed by atoms with Crippen molar-refractivity contribution in [1.29, 1.82) is 0 Å². The number of carbonyl (C=O) groups is 1. The second kappa shape index (κ2) is 8.59. The molecule has 0 aliphatic carbocycles. The molecule has 1 aliphatic rings. The average Bonchev–Trinajstić information content (AvgIpc) is 3.11. The van der Waals surface area contributed by atoms with Gasteiger partial charge in [-0.2, -0.15) is 0 Å². The maximum Gasteiger partial charge on any atom is 0.238 e. The van der Waals surface area contributed by atoms with E-state index in [4.69, 9.17) is 21.1 Å². The zero-order valence-electron chi connectivity index (χ0n) is 15.3. The summed E-state index contributed by atoms with van der Waals surface area (Å²) in [5.74, 6) is 0.632. The summed E-state index contributed by atoms with van der Waals surface area (Å²) >= 11 is 5.75. The largest absolute Gasteiger partial charge is 0.497 e. The third kappa shape index (κ3) is 4.51. The Morgan fingerprint density at radius 3 is 2.78 bits per heavy atom. The molecule has 2 aromatic rings. The molecule has 0 unspecified atom stereocenters. The highest BCUT2D eigenvalue weighted by Crippen LogP contribution is 2.38. The lowest BCUT2D eigenvalue weighted by Gasteiger charge is -2.26. The second-order valence-electron chi connectivity index (χ2n) is 6.41. The number of halogens is 2. The SMILES string of the molecule is COc1ccc([C@H]2CCCN2CC(=O)Nc2ccc(Cl)cc2F)c(OC)c1. The molecule has 0 radical (unpaired) electrons. The fourth-order valence-corrected chi connectivity index (χ4v) is 3.59. The van der Waals surface area contributed by atoms with E-state index in [2.05, 4.69) is 10.2 Å². The van der Waals surface area contributed by atoms with Gasteiger partial charge in [-0.25, -0.2) is 4.39 Å². The fraction of sp³-hybridized carbons (Fsp3) is 0.350. The van der Waals surface area contributed by atoms with Gasteiger partial charge in [-0.15, -0.1) is 0 Å². The Kier molecular flexibility index (Phi) is 6.19. The van der Waals surface area contributed by atoms with Crippen molar-refractivity contribution in [2.75, 3.05) is 32.6 Å². The van der Waals surface area contributed by atoms with Crippen molar-refractivity contribution in [3.8, 4) is 11.5 Å². The van der Waals surface area contributed by atoms with Crippen molar-refractivity contribution >= 4 is 23.2 Å². The first-order valence-corrected chi connectivity index (χ1v) is 9.10. The van der Waals surface area contributed by atoms with Crippen LogP contribution in [-0.2, 0) is 4.79 Å². The minimum Gasteiger partial charge on any atom is -0.497 e. The highest BCUT2D eigenvalue weighted by atomic mass is 35.5. The molecule has 27 heavy (non-hydrogen) atoms. The van der Waals surface area contributed by atoms with E-state index in [-0.39, 0.29) is 29.2 Å². The molecular weight excluding hydrogens is 371 g/mol. The van der Waals surface area contributed by atoms with Crippen LogP contribution < -0.4 is 14.8 Å². The van der Waals surface area contributed by atoms with Crippen LogP contribution >= 0.6 is 11.6 Å². The molecule has 0 spiro atoms. The predicted octanol–water partition coefficient (Wildman–Crippen LogP) is 4.27. The summed E-state index contributed by atoms with van der Waals surface area (Å²) < 4.78 is 24.7. The molecule has 1 heterocycles. The van der Waals surface area contributed by atoms with Crippen molar-refractivity contribution in [2.45, 2.75) is 18.9 Å². The number of hydrogen-bond donors (Lipinski definition) is 1. The van der Waals surface area contributed by atoms with E-state index >= 15 is 0 Å². The maximum atomic E-state index is 13.9. The molecule has 1 saturated heterocycles. The first kappa shape index (κ1) is 19.5. The molecule has 7 heteroatoms. The third-order valence-electron chi connectivity index (χ3n) is 4.72. The lowest BCUT2D eigenvalue weighted by molar-refractivity contribution is -0.117. The van der Waals surface area contributed by atoms with Gasteiger partial charge < -0.3 is 14.8 Å². The highest BCUT2D eigenvalue weighted by molar-refractivity contribution is 6.30. The Morgan fingerprint density at radius 2 is 2.07 bits per heavy atom. The van der Waals surface area contributed by atoms with Crippen LogP contribution in [0.5, 0.6) is 11.5 Å². The third-order valence-corrected chi connectivity index (χ3v) is 4.95. The summed E-state index contributed by atoms with van der Waals surface area (Å²) in [6, 6.07) is 9.94. The molecule has 1 amide bonds. The molecule has 1 N–H and O–H groups in total. The Hall–Kier alpha value is -2.31. The second-order valence-corrected chi connectivity index (χ2v) is 6.85. The van der Waals surface area contributed by atoms with Gasteiger partial charge in [-0.3, -0.25) is 9.69 Å². The number of hydrogen-bond acceptors (Lipinski definition) is 4. The molecule has 1 aliphatic heterocycles. The molecule has 144 valence electrons. The van der Waals surface area contributed by atoms with Gasteiger partial charge in [0.1, 0.15) is 17.3 Å². The number of nitrogens with one attached hydrogen (secondary N) is 1. The van der Waals surface area contributed by atoms with Crippen molar-refractivity contribution < 1.29 is 18.7 Å². The lowest BCUT2D eigenvalue weighted by atomic mass is 10.0. The Morgan fingerprint density at radius 1 is 1.26 bits per heavy atom. The zero-order chi connectivity index (χ0) is 19.4. The van der Waals surface area contributed by atoms with Crippen LogP contribution in [0.3, 0.4) is 0 Å². The van der Waals surface area contributed by atoms with Gasteiger partial charge in [0, 0.05) is 22.7 Å². The van der Waals surface area contributed by atoms with Gasteiger partial charge in [-0.05, 0) is 43.7 Å². The van der Waals surface area contributed by atoms with Crippen molar-refractivity contribution in [3.63, 3.8) is 0 Å². The van der Waals surface area contributed by atoms with Crippen LogP contribution in [0.1, 0.15) is 24.4 Å². The average molecular weight is 393 g/mol. The number of nitrogens with zero attached hydrogens (tertiary/aromatic N) is 1. The number of benzene rings is 2. The molecule has 5 nitrogen and oxygen atoms in total. The summed E-state index contributed by atoms with van der Waals surface area (Å²) in [6.07, 6.45) is 1.90. The Bertz CT molecular complexity index is 831. The number of likely N-dealkylation sites (tertiary alicyclic amines) is 1. The minimum atomic E-state index is -0.550. The number of ether oxygens (including phenoxy) is 2. The Balaban J connectivity index is 1.72. The Labute approximate surface area is 163 Å². The molecule has 0 saturated carbocycles. The van der Waals surface area contributed by atoms with E-state index in [1.54, 1.807) is 20.3 Å². The molecule has 1 fully saturated rings. The molecule has 0 bridgehead atoms. The van der Waals surface area contributed by atoms with Crippen LogP contribution in [0, 0.1) is 5.82 Å². The van der Waals surface area contributed by atoms with E-state index in [0.29, 0.717) is 0 Å². The van der Waals surface area contributed by atoms with Gasteiger partial charge >= 0.3 is 0 Å². The van der Waals surface area contributed by atoms with Gasteiger partial charge in [0.2, 0.25) is 5.91 Å². The van der Waals surface area contributed by atoms with Crippen LogP contribution in [0.25, 0.3) is 0 Å². The van der Waals surface area contributed by atoms with Crippen molar-refractivity contribution in [1.82, 2.24) is 4.90 Å². The highest BCUT2D eigenvalue weighted by Gasteiger charge is 2.30. The number of amides is 1. The first-order chi connectivity index (χ1) is 13.0. The number of carbonyl (C=O) groups excluding carboxylic acids is 1. The van der Waals surface area contributed by atoms with Crippen molar-refractivity contribution in [3.05, 3.63) is 52.8 Å². The minimum absolute atomic E-state index is 0.0617. The lowest BCUT2D eigenvalue weighted by Crippen LogP contribution is -2.33. The molecule has 0 aromatic heterocycles. The van der Waals surface area contributed by atoms with Crippen LogP contribution in [0.2, 0.25) is 5.02 Å². The standard InChI is InChI=1S/C20H22ClFN2O3/c1-26-14-6-7-15(19(11-14)27-2)18-4-3-9-24(18)12-20(25)23-17-8-5-13(21)10-16(17)22/h5-8,10-11,18H,3-4,9,12H2,1-2H3,(H,23,25)/t18-/m1/s1. The molecule has 2 aromatic carbocycles. The summed E-state index contributed by atoms with van der Waals surface area (Å²) in [6.45, 7) is 0.957. The summed E-state index contributed by atoms with van der Waals surface area (Å²) in [5.41, 5.74) is 1.14. The molecule has 3 rings (SSSR count). The number of methoxy groups -OCH3 is 2. The quantitative estimate of drug-likeness (QED) is 0.797. The monoisotopic (exact) mass is 392 g/mol. The van der Waals surface area contributed by atoms with E-state index in [1.807, 2.05) is 18.2 Å². The van der Waals surface area contributed by atoms with Gasteiger partial charge in [-0.1, -0.05) is 17.7 Å². The van der Waals surface area contributed by atoms with E-state index in [9.17, 15) is 9.18 Å². The maximum absolute atomic E-state index is 13.9. The van der Waals surface area contributed by atoms with Crippen LogP contribution in [0.4, 0.5) is 10.1 Å². The number of anilines is 1. The molecule has 1 atom stereocenters. The van der Waals surface area contributed by atoms with Crippen LogP contribution in [-0.4, -0.2) is 38.1 Å². The predicted molar refractivity (Wildman–Crippen MR) is 103 cm³/mol. The summed E-state index contributed by atoms with van der Waals surface area (Å²) in [4.78, 5) is 14.5. The van der Waals surface area contributed by atoms with Gasteiger partial charge in [0.15, 0.2) is 0 Å². The number of rotatable bonds is 6. The summed E-state index contributed by atoms with van der Waals surface area (Å²) in [7, 11) is 3.23. The summed E-state index contributed by atoms with van der Waals surface area (Å²) in [5, 5.41) is 2.91. The normalized spacial score (nSPS) is 17.0. The van der Waals surface area contributed by atoms with Gasteiger partial charge in [0.25, 0.3) is 0 Å². The van der Waals surface area contributed by atoms with Gasteiger partial charge in [0.05, 0.1) is 26.5 Å². The van der Waals surface area contributed by atoms with E-state index in [1.165, 1.54) is 12.1 Å². The van der Waals surface area contributed by atoms with E-state index in [0.717, 1.165) is 36.4 Å². The fourth-order valence-electron chi connectivity index (χ4n) is 3.43. The zero-order valence-corrected chi connectivity index (χ0v) is 16.1. The van der Waals surface area contributed by atoms with Crippen LogP contribution in [0.15, 0.2) is 36.4 Å². The first-order valence-electron chi connectivity index (χ1n) is 8.72.